The largest absolute Gasteiger partial charge is 0.497 e. The van der Waals surface area contributed by atoms with Crippen LogP contribution >= 0.6 is 11.6 Å². The fraction of sp³-hybridized carbons (Fsp3) is 0.310. The Balaban J connectivity index is 2.09. The van der Waals surface area contributed by atoms with Crippen LogP contribution in [0.2, 0.25) is 5.02 Å². The van der Waals surface area contributed by atoms with E-state index in [1.807, 2.05) is 6.92 Å². The third-order valence-corrected chi connectivity index (χ3v) is 8.50. The second-order valence-corrected chi connectivity index (χ2v) is 11.6. The summed E-state index contributed by atoms with van der Waals surface area (Å²) in [6.07, 6.45) is -4.24. The maximum Gasteiger partial charge on any atom is 0.417 e. The molecular weight excluding hydrogens is 595 g/mol. The number of rotatable bonds is 12. The van der Waals surface area contributed by atoms with Crippen LogP contribution in [0.15, 0.2) is 77.7 Å². The third kappa shape index (κ3) is 7.95. The molecule has 3 aromatic rings. The van der Waals surface area contributed by atoms with E-state index in [-0.39, 0.29) is 11.4 Å². The van der Waals surface area contributed by atoms with Gasteiger partial charge in [-0.25, -0.2) is 8.42 Å². The zero-order valence-electron chi connectivity index (χ0n) is 23.2. The van der Waals surface area contributed by atoms with Gasteiger partial charge in [-0.3, -0.25) is 13.9 Å². The van der Waals surface area contributed by atoms with Crippen molar-refractivity contribution in [3.05, 3.63) is 88.9 Å². The molecule has 1 atom stereocenters. The fourth-order valence-electron chi connectivity index (χ4n) is 4.04. The van der Waals surface area contributed by atoms with Crippen molar-refractivity contribution >= 4 is 39.1 Å². The zero-order valence-corrected chi connectivity index (χ0v) is 24.8. The number of carbonyl (C=O) groups is 2. The van der Waals surface area contributed by atoms with Crippen molar-refractivity contribution < 1.29 is 35.9 Å². The van der Waals surface area contributed by atoms with Crippen LogP contribution in [-0.4, -0.2) is 51.4 Å². The van der Waals surface area contributed by atoms with Crippen molar-refractivity contribution in [2.75, 3.05) is 24.5 Å². The van der Waals surface area contributed by atoms with Crippen LogP contribution in [0.5, 0.6) is 5.75 Å². The molecule has 0 fully saturated rings. The fourth-order valence-corrected chi connectivity index (χ4v) is 5.69. The summed E-state index contributed by atoms with van der Waals surface area (Å²) in [5, 5.41) is 2.09. The van der Waals surface area contributed by atoms with Crippen molar-refractivity contribution in [2.24, 2.45) is 0 Å². The molecule has 0 aliphatic rings. The second kappa shape index (κ2) is 13.9. The van der Waals surface area contributed by atoms with Gasteiger partial charge >= 0.3 is 6.18 Å². The Labute approximate surface area is 248 Å². The van der Waals surface area contributed by atoms with Gasteiger partial charge in [0.25, 0.3) is 10.0 Å². The number of halogens is 4. The lowest BCUT2D eigenvalue weighted by Gasteiger charge is -2.32. The van der Waals surface area contributed by atoms with E-state index in [4.69, 9.17) is 16.3 Å². The quantitative estimate of drug-likeness (QED) is 0.287. The average molecular weight is 626 g/mol. The first-order chi connectivity index (χ1) is 19.8. The van der Waals surface area contributed by atoms with E-state index in [1.165, 1.54) is 43.2 Å². The number of methoxy groups -OCH3 is 1. The van der Waals surface area contributed by atoms with E-state index in [0.29, 0.717) is 34.7 Å². The molecule has 0 radical (unpaired) electrons. The van der Waals surface area contributed by atoms with Crippen molar-refractivity contribution in [3.63, 3.8) is 0 Å². The molecule has 3 rings (SSSR count). The summed E-state index contributed by atoms with van der Waals surface area (Å²) in [5.41, 5.74) is -1.07. The molecule has 2 amide bonds. The number of hydrogen-bond acceptors (Lipinski definition) is 5. The summed E-state index contributed by atoms with van der Waals surface area (Å²) in [5.74, 6) is -0.719. The summed E-state index contributed by atoms with van der Waals surface area (Å²) in [4.78, 5) is 27.7. The molecule has 3 aromatic carbocycles. The molecule has 0 bridgehead atoms. The Morgan fingerprint density at radius 1 is 1.02 bits per heavy atom. The van der Waals surface area contributed by atoms with Gasteiger partial charge in [0.05, 0.1) is 28.3 Å². The van der Waals surface area contributed by atoms with Crippen LogP contribution in [-0.2, 0) is 32.3 Å². The van der Waals surface area contributed by atoms with Crippen LogP contribution < -0.4 is 14.4 Å². The Morgan fingerprint density at radius 2 is 1.67 bits per heavy atom. The van der Waals surface area contributed by atoms with Gasteiger partial charge in [-0.15, -0.1) is 0 Å². The van der Waals surface area contributed by atoms with Gasteiger partial charge in [-0.05, 0) is 61.4 Å². The third-order valence-electron chi connectivity index (χ3n) is 6.38. The SMILES string of the molecule is CCCNC(=O)[C@@H](C)N(Cc1ccc(OC)cc1)C(=O)CN(c1ccc(Cl)c(C(F)(F)F)c1)S(=O)(=O)c1ccccc1. The Hall–Kier alpha value is -3.77. The van der Waals surface area contributed by atoms with E-state index < -0.39 is 56.9 Å². The van der Waals surface area contributed by atoms with Crippen LogP contribution in [0.4, 0.5) is 18.9 Å². The lowest BCUT2D eigenvalue weighted by atomic mass is 10.1. The summed E-state index contributed by atoms with van der Waals surface area (Å²) >= 11 is 5.79. The molecule has 0 spiro atoms. The Morgan fingerprint density at radius 3 is 2.24 bits per heavy atom. The standard InChI is InChI=1S/C29H31ClF3N3O5S/c1-4-16-34-28(38)20(2)35(18-21-10-13-23(41-3)14-11-21)27(37)19-36(42(39,40)24-8-6-5-7-9-24)22-12-15-26(30)25(17-22)29(31,32)33/h5-15,17,20H,4,16,18-19H2,1-3H3,(H,34,38)/t20-/m1/s1. The summed E-state index contributed by atoms with van der Waals surface area (Å²) in [6, 6.07) is 15.3. The molecule has 0 aliphatic carbocycles. The highest BCUT2D eigenvalue weighted by atomic mass is 35.5. The molecule has 13 heteroatoms. The number of alkyl halides is 3. The highest BCUT2D eigenvalue weighted by Crippen LogP contribution is 2.38. The van der Waals surface area contributed by atoms with Crippen molar-refractivity contribution in [1.29, 1.82) is 0 Å². The molecule has 0 aromatic heterocycles. The number of benzene rings is 3. The minimum atomic E-state index is -4.88. The molecule has 0 saturated carbocycles. The molecule has 1 N–H and O–H groups in total. The lowest BCUT2D eigenvalue weighted by Crippen LogP contribution is -2.51. The number of nitrogens with zero attached hydrogens (tertiary/aromatic N) is 2. The van der Waals surface area contributed by atoms with E-state index in [0.717, 1.165) is 12.1 Å². The van der Waals surface area contributed by atoms with E-state index >= 15 is 0 Å². The molecule has 8 nitrogen and oxygen atoms in total. The summed E-state index contributed by atoms with van der Waals surface area (Å²) in [6.45, 7) is 2.73. The first-order valence-corrected chi connectivity index (χ1v) is 14.8. The number of amides is 2. The molecule has 0 saturated heterocycles. The lowest BCUT2D eigenvalue weighted by molar-refractivity contribution is -0.139. The highest BCUT2D eigenvalue weighted by molar-refractivity contribution is 7.92. The molecular formula is C29H31ClF3N3O5S. The van der Waals surface area contributed by atoms with E-state index in [2.05, 4.69) is 5.32 Å². The van der Waals surface area contributed by atoms with Gasteiger partial charge in [-0.2, -0.15) is 13.2 Å². The van der Waals surface area contributed by atoms with Crippen LogP contribution in [0.25, 0.3) is 0 Å². The first kappa shape index (κ1) is 32.7. The maximum atomic E-state index is 13.9. The Kier molecular flexibility index (Phi) is 10.9. The minimum Gasteiger partial charge on any atom is -0.497 e. The number of hydrogen-bond donors (Lipinski definition) is 1. The smallest absolute Gasteiger partial charge is 0.417 e. The maximum absolute atomic E-state index is 13.9. The number of nitrogens with one attached hydrogen (secondary N) is 1. The normalized spacial score (nSPS) is 12.4. The number of ether oxygens (including phenoxy) is 1. The molecule has 0 aliphatic heterocycles. The monoisotopic (exact) mass is 625 g/mol. The summed E-state index contributed by atoms with van der Waals surface area (Å²) < 4.78 is 74.4. The van der Waals surface area contributed by atoms with Gasteiger partial charge < -0.3 is 15.0 Å². The van der Waals surface area contributed by atoms with Gasteiger partial charge in [0.15, 0.2) is 0 Å². The van der Waals surface area contributed by atoms with E-state index in [1.54, 1.807) is 30.3 Å². The number of anilines is 1. The number of carbonyl (C=O) groups excluding carboxylic acids is 2. The second-order valence-electron chi connectivity index (χ2n) is 9.32. The zero-order chi connectivity index (χ0) is 31.1. The molecule has 42 heavy (non-hydrogen) atoms. The van der Waals surface area contributed by atoms with Crippen molar-refractivity contribution in [2.45, 2.75) is 43.9 Å². The molecule has 0 unspecified atom stereocenters. The van der Waals surface area contributed by atoms with Gasteiger partial charge in [0, 0.05) is 13.1 Å². The predicted octanol–water partition coefficient (Wildman–Crippen LogP) is 5.51. The van der Waals surface area contributed by atoms with Gasteiger partial charge in [-0.1, -0.05) is 48.9 Å². The average Bonchev–Trinajstić information content (AvgIpc) is 2.97. The van der Waals surface area contributed by atoms with Gasteiger partial charge in [0.1, 0.15) is 18.3 Å². The first-order valence-electron chi connectivity index (χ1n) is 12.9. The number of sulfonamides is 1. The van der Waals surface area contributed by atoms with Crippen molar-refractivity contribution in [1.82, 2.24) is 10.2 Å². The van der Waals surface area contributed by atoms with Crippen LogP contribution in [0.3, 0.4) is 0 Å². The van der Waals surface area contributed by atoms with Crippen molar-refractivity contribution in [3.8, 4) is 5.75 Å². The van der Waals surface area contributed by atoms with Crippen LogP contribution in [0, 0.1) is 0 Å². The molecule has 0 heterocycles. The Bertz CT molecular complexity index is 1490. The topological polar surface area (TPSA) is 96.0 Å². The summed E-state index contributed by atoms with van der Waals surface area (Å²) in [7, 11) is -3.05. The highest BCUT2D eigenvalue weighted by Gasteiger charge is 2.37. The van der Waals surface area contributed by atoms with E-state index in [9.17, 15) is 31.2 Å². The van der Waals surface area contributed by atoms with Gasteiger partial charge in [0.2, 0.25) is 11.8 Å². The predicted molar refractivity (Wildman–Crippen MR) is 154 cm³/mol. The molecule has 226 valence electrons. The van der Waals surface area contributed by atoms with Crippen LogP contribution in [0.1, 0.15) is 31.4 Å². The minimum absolute atomic E-state index is 0.0861.